The second-order valence-electron chi connectivity index (χ2n) is 6.88. The molecule has 0 aliphatic carbocycles. The molecule has 0 atom stereocenters. The fourth-order valence-electron chi connectivity index (χ4n) is 2.87. The molecule has 0 amide bonds. The zero-order valence-electron chi connectivity index (χ0n) is 16.4. The minimum absolute atomic E-state index is 0.183. The van der Waals surface area contributed by atoms with Gasteiger partial charge in [0.2, 0.25) is 0 Å². The first-order valence-corrected chi connectivity index (χ1v) is 11.2. The summed E-state index contributed by atoms with van der Waals surface area (Å²) in [6, 6.07) is 14.3. The number of hydrogen-bond acceptors (Lipinski definition) is 4. The average molecular weight is 388 g/mol. The number of aryl methyl sites for hydroxylation is 2. The van der Waals surface area contributed by atoms with Crippen LogP contribution in [-0.2, 0) is 16.4 Å². The summed E-state index contributed by atoms with van der Waals surface area (Å²) in [6.45, 7) is 9.65. The predicted octanol–water partition coefficient (Wildman–Crippen LogP) is 4.31. The molecule has 0 bridgehead atoms. The van der Waals surface area contributed by atoms with Crippen LogP contribution in [0.3, 0.4) is 0 Å². The first kappa shape index (κ1) is 21.0. The van der Waals surface area contributed by atoms with E-state index in [2.05, 4.69) is 43.5 Å². The Hall–Kier alpha value is -2.27. The van der Waals surface area contributed by atoms with Crippen LogP contribution in [0, 0.1) is 13.8 Å². The maximum absolute atomic E-state index is 11.5. The van der Waals surface area contributed by atoms with Gasteiger partial charge >= 0.3 is 0 Å². The second-order valence-corrected chi connectivity index (χ2v) is 9.14. The van der Waals surface area contributed by atoms with Gasteiger partial charge in [0.05, 0.1) is 5.75 Å². The highest BCUT2D eigenvalue weighted by molar-refractivity contribution is 7.90. The third-order valence-electron chi connectivity index (χ3n) is 4.49. The van der Waals surface area contributed by atoms with Crippen molar-refractivity contribution in [2.45, 2.75) is 26.8 Å². The van der Waals surface area contributed by atoms with Crippen LogP contribution in [-0.4, -0.2) is 33.6 Å². The van der Waals surface area contributed by atoms with Gasteiger partial charge in [0.1, 0.15) is 22.2 Å². The fraction of sp³-hybridized carbons (Fsp3) is 0.364. The number of benzene rings is 2. The van der Waals surface area contributed by atoms with Gasteiger partial charge in [0.25, 0.3) is 0 Å². The summed E-state index contributed by atoms with van der Waals surface area (Å²) in [5.41, 5.74) is 4.61. The maximum atomic E-state index is 11.5. The van der Waals surface area contributed by atoms with Crippen LogP contribution in [0.25, 0.3) is 0 Å². The van der Waals surface area contributed by atoms with Gasteiger partial charge in [-0.25, -0.2) is 8.42 Å². The lowest BCUT2D eigenvalue weighted by atomic mass is 10.1. The van der Waals surface area contributed by atoms with Crippen LogP contribution in [0.5, 0.6) is 5.75 Å². The van der Waals surface area contributed by atoms with Gasteiger partial charge in [-0.1, -0.05) is 36.9 Å². The first-order valence-electron chi connectivity index (χ1n) is 9.11. The third kappa shape index (κ3) is 6.75. The number of nitrogens with zero attached hydrogens (tertiary/aromatic N) is 1. The van der Waals surface area contributed by atoms with Gasteiger partial charge in [0, 0.05) is 30.6 Å². The normalized spacial score (nSPS) is 11.2. The summed E-state index contributed by atoms with van der Waals surface area (Å²) in [5, 5.41) is 0. The minimum Gasteiger partial charge on any atom is -0.489 e. The van der Waals surface area contributed by atoms with Gasteiger partial charge in [-0.05, 0) is 49.6 Å². The van der Waals surface area contributed by atoms with Gasteiger partial charge < -0.3 is 9.64 Å². The van der Waals surface area contributed by atoms with Crippen molar-refractivity contribution in [3.63, 3.8) is 0 Å². The predicted molar refractivity (Wildman–Crippen MR) is 113 cm³/mol. The third-order valence-corrected chi connectivity index (χ3v) is 5.52. The molecule has 0 aliphatic heterocycles. The fourth-order valence-corrected chi connectivity index (χ4v) is 3.52. The number of ether oxygens (including phenoxy) is 1. The quantitative estimate of drug-likeness (QED) is 0.570. The SMILES string of the molecule is C=CCOc1ccccc1CN(CCCS(C)(=O)=O)c1ccc(C)c(C)c1. The topological polar surface area (TPSA) is 46.6 Å². The Balaban J connectivity index is 2.26. The van der Waals surface area contributed by atoms with E-state index in [0.717, 1.165) is 17.0 Å². The van der Waals surface area contributed by atoms with Crippen LogP contribution in [0.2, 0.25) is 0 Å². The van der Waals surface area contributed by atoms with Gasteiger partial charge in [0.15, 0.2) is 0 Å². The largest absolute Gasteiger partial charge is 0.489 e. The Bertz CT molecular complexity index is 875. The zero-order chi connectivity index (χ0) is 19.9. The van der Waals surface area contributed by atoms with E-state index in [0.29, 0.717) is 26.1 Å². The van der Waals surface area contributed by atoms with E-state index < -0.39 is 9.84 Å². The molecular weight excluding hydrogens is 358 g/mol. The standard InChI is InChI=1S/C22H29NO3S/c1-5-14-26-22-10-7-6-9-20(22)17-23(13-8-15-27(4,24)25)21-12-11-18(2)19(3)16-21/h5-7,9-12,16H,1,8,13-15,17H2,2-4H3. The summed E-state index contributed by atoms with van der Waals surface area (Å²) in [4.78, 5) is 2.22. The molecule has 2 aromatic rings. The molecule has 4 nitrogen and oxygen atoms in total. The van der Waals surface area contributed by atoms with E-state index in [4.69, 9.17) is 4.74 Å². The number of rotatable bonds is 10. The monoisotopic (exact) mass is 387 g/mol. The van der Waals surface area contributed by atoms with E-state index in [1.54, 1.807) is 6.08 Å². The maximum Gasteiger partial charge on any atom is 0.147 e. The highest BCUT2D eigenvalue weighted by Crippen LogP contribution is 2.25. The number of para-hydroxylation sites is 1. The van der Waals surface area contributed by atoms with Crippen molar-refractivity contribution < 1.29 is 13.2 Å². The zero-order valence-corrected chi connectivity index (χ0v) is 17.3. The summed E-state index contributed by atoms with van der Waals surface area (Å²) < 4.78 is 28.8. The van der Waals surface area contributed by atoms with Crippen LogP contribution in [0.4, 0.5) is 5.69 Å². The molecule has 0 N–H and O–H groups in total. The highest BCUT2D eigenvalue weighted by atomic mass is 32.2. The lowest BCUT2D eigenvalue weighted by molar-refractivity contribution is 0.359. The van der Waals surface area contributed by atoms with Crippen molar-refractivity contribution in [3.05, 3.63) is 71.8 Å². The molecule has 0 spiro atoms. The molecule has 146 valence electrons. The van der Waals surface area contributed by atoms with E-state index >= 15 is 0 Å². The molecule has 0 aromatic heterocycles. The van der Waals surface area contributed by atoms with Crippen LogP contribution in [0.1, 0.15) is 23.1 Å². The summed E-state index contributed by atoms with van der Waals surface area (Å²) >= 11 is 0. The van der Waals surface area contributed by atoms with Gasteiger partial charge in [-0.15, -0.1) is 0 Å². The Morgan fingerprint density at radius 2 is 1.85 bits per heavy atom. The Morgan fingerprint density at radius 3 is 2.52 bits per heavy atom. The smallest absolute Gasteiger partial charge is 0.147 e. The number of sulfone groups is 1. The van der Waals surface area contributed by atoms with Crippen molar-refractivity contribution in [1.82, 2.24) is 0 Å². The molecule has 0 saturated heterocycles. The molecule has 5 heteroatoms. The molecule has 0 heterocycles. The summed E-state index contributed by atoms with van der Waals surface area (Å²) in [6.07, 6.45) is 3.59. The molecule has 27 heavy (non-hydrogen) atoms. The lowest BCUT2D eigenvalue weighted by Gasteiger charge is -2.26. The Morgan fingerprint density at radius 1 is 1.11 bits per heavy atom. The average Bonchev–Trinajstić information content (AvgIpc) is 2.61. The lowest BCUT2D eigenvalue weighted by Crippen LogP contribution is -2.26. The molecule has 0 aliphatic rings. The molecule has 0 unspecified atom stereocenters. The second kappa shape index (κ2) is 9.60. The van der Waals surface area contributed by atoms with E-state index in [1.165, 1.54) is 17.4 Å². The van der Waals surface area contributed by atoms with Crippen molar-refractivity contribution in [3.8, 4) is 5.75 Å². The molecule has 2 aromatic carbocycles. The molecule has 0 radical (unpaired) electrons. The Kier molecular flexibility index (Phi) is 7.48. The van der Waals surface area contributed by atoms with Crippen molar-refractivity contribution >= 4 is 15.5 Å². The van der Waals surface area contributed by atoms with Crippen molar-refractivity contribution in [2.24, 2.45) is 0 Å². The highest BCUT2D eigenvalue weighted by Gasteiger charge is 2.13. The van der Waals surface area contributed by atoms with Gasteiger partial charge in [-0.2, -0.15) is 0 Å². The summed E-state index contributed by atoms with van der Waals surface area (Å²) in [7, 11) is -2.97. The molecular formula is C22H29NO3S. The first-order chi connectivity index (χ1) is 12.8. The van der Waals surface area contributed by atoms with Crippen LogP contribution >= 0.6 is 0 Å². The number of hydrogen-bond donors (Lipinski definition) is 0. The summed E-state index contributed by atoms with van der Waals surface area (Å²) in [5.74, 6) is 1.01. The van der Waals surface area contributed by atoms with Crippen LogP contribution in [0.15, 0.2) is 55.1 Å². The molecule has 0 saturated carbocycles. The number of anilines is 1. The van der Waals surface area contributed by atoms with Gasteiger partial charge in [-0.3, -0.25) is 0 Å². The Labute approximate surface area is 163 Å². The molecule has 2 rings (SSSR count). The minimum atomic E-state index is -2.97. The van der Waals surface area contributed by atoms with Crippen LogP contribution < -0.4 is 9.64 Å². The van der Waals surface area contributed by atoms with Crippen molar-refractivity contribution in [2.75, 3.05) is 30.1 Å². The van der Waals surface area contributed by atoms with Crippen molar-refractivity contribution in [1.29, 1.82) is 0 Å². The van der Waals surface area contributed by atoms with E-state index in [9.17, 15) is 8.42 Å². The van der Waals surface area contributed by atoms with E-state index in [1.807, 2.05) is 24.3 Å². The molecule has 0 fully saturated rings. The van der Waals surface area contributed by atoms with E-state index in [-0.39, 0.29) is 5.75 Å².